The van der Waals surface area contributed by atoms with Gasteiger partial charge in [0.1, 0.15) is 10.6 Å². The Bertz CT molecular complexity index is 1480. The van der Waals surface area contributed by atoms with E-state index in [1.165, 1.54) is 21.1 Å². The fraction of sp³-hybridized carbons (Fsp3) is 0.370. The first-order valence-corrected chi connectivity index (χ1v) is 14.1. The monoisotopic (exact) mass is 556 g/mol. The quantitative estimate of drug-likeness (QED) is 0.403. The maximum absolute atomic E-state index is 13.8. The smallest absolute Gasteiger partial charge is 0.356 e. The van der Waals surface area contributed by atoms with E-state index < -0.39 is 16.0 Å². The number of nitrogens with zero attached hydrogens (tertiary/aromatic N) is 3. The topological polar surface area (TPSA) is 140 Å². The SMILES string of the molecule is CCC(C)C(=O)Nc1ccc(Oc2c(C)c(C(=O)O)nn2-c2ccc(C)cc2)c(S(=O)(=O)N2CCOCC2)c1. The van der Waals surface area contributed by atoms with E-state index in [9.17, 15) is 23.1 Å². The van der Waals surface area contributed by atoms with E-state index in [2.05, 4.69) is 10.4 Å². The van der Waals surface area contributed by atoms with Crippen LogP contribution in [0.2, 0.25) is 0 Å². The van der Waals surface area contributed by atoms with E-state index in [1.807, 2.05) is 26.0 Å². The molecule has 1 fully saturated rings. The predicted octanol–water partition coefficient (Wildman–Crippen LogP) is 3.99. The number of benzene rings is 2. The second-order valence-electron chi connectivity index (χ2n) is 9.41. The number of morpholine rings is 1. The van der Waals surface area contributed by atoms with E-state index in [0.29, 0.717) is 17.8 Å². The standard InChI is InChI=1S/C27H32N4O7S/c1-5-18(3)25(32)28-20-8-11-22(23(16-20)39(35,36)30-12-14-37-15-13-30)38-26-19(4)24(27(33)34)29-31(26)21-9-6-17(2)7-10-21/h6-11,16,18H,5,12-15H2,1-4H3,(H,28,32)(H,33,34). The van der Waals surface area contributed by atoms with Crippen LogP contribution in [0.4, 0.5) is 5.69 Å². The lowest BCUT2D eigenvalue weighted by Crippen LogP contribution is -2.40. The van der Waals surface area contributed by atoms with Crippen molar-refractivity contribution in [2.45, 2.75) is 39.0 Å². The lowest BCUT2D eigenvalue weighted by atomic mass is 10.1. The van der Waals surface area contributed by atoms with Crippen molar-refractivity contribution >= 4 is 27.6 Å². The number of carboxylic acids is 1. The van der Waals surface area contributed by atoms with Crippen molar-refractivity contribution in [1.82, 2.24) is 14.1 Å². The molecule has 0 saturated carbocycles. The highest BCUT2D eigenvalue weighted by atomic mass is 32.2. The number of rotatable bonds is 9. The number of amides is 1. The summed E-state index contributed by atoms with van der Waals surface area (Å²) in [7, 11) is -4.07. The Kier molecular flexibility index (Phi) is 8.38. The molecule has 0 spiro atoms. The maximum atomic E-state index is 13.8. The molecule has 1 aliphatic heterocycles. The molecule has 2 heterocycles. The van der Waals surface area contributed by atoms with Crippen LogP contribution in [-0.4, -0.2) is 65.8 Å². The van der Waals surface area contributed by atoms with E-state index in [-0.39, 0.29) is 65.9 Å². The van der Waals surface area contributed by atoms with E-state index in [1.54, 1.807) is 32.0 Å². The lowest BCUT2D eigenvalue weighted by molar-refractivity contribution is -0.119. The Morgan fingerprint density at radius 1 is 1.13 bits per heavy atom. The fourth-order valence-corrected chi connectivity index (χ4v) is 5.57. The Hall–Kier alpha value is -3.74. The number of nitrogens with one attached hydrogen (secondary N) is 1. The molecule has 3 aromatic rings. The van der Waals surface area contributed by atoms with Gasteiger partial charge in [-0.25, -0.2) is 13.2 Å². The van der Waals surface area contributed by atoms with Crippen molar-refractivity contribution in [1.29, 1.82) is 0 Å². The van der Waals surface area contributed by atoms with Crippen molar-refractivity contribution < 1.29 is 32.6 Å². The Labute approximate surface area is 227 Å². The molecule has 1 saturated heterocycles. The average Bonchev–Trinajstić information content (AvgIpc) is 3.25. The highest BCUT2D eigenvalue weighted by Gasteiger charge is 2.31. The first-order chi connectivity index (χ1) is 18.5. The number of ether oxygens (including phenoxy) is 2. The minimum absolute atomic E-state index is 0.0312. The third kappa shape index (κ3) is 5.97. The van der Waals surface area contributed by atoms with Crippen LogP contribution in [0, 0.1) is 19.8 Å². The van der Waals surface area contributed by atoms with Crippen LogP contribution in [0.3, 0.4) is 0 Å². The molecule has 0 aliphatic carbocycles. The van der Waals surface area contributed by atoms with E-state index in [0.717, 1.165) is 5.56 Å². The number of aromatic nitrogens is 2. The number of carboxylic acid groups (broad SMARTS) is 1. The number of aromatic carboxylic acids is 1. The highest BCUT2D eigenvalue weighted by Crippen LogP contribution is 2.37. The number of carbonyl (C=O) groups excluding carboxylic acids is 1. The summed E-state index contributed by atoms with van der Waals surface area (Å²) in [5, 5.41) is 16.7. The molecule has 0 bridgehead atoms. The number of sulfonamides is 1. The van der Waals surface area contributed by atoms with Crippen molar-refractivity contribution in [3.8, 4) is 17.3 Å². The minimum atomic E-state index is -4.07. The van der Waals surface area contributed by atoms with Crippen molar-refractivity contribution in [2.75, 3.05) is 31.6 Å². The molecule has 1 atom stereocenters. The second kappa shape index (κ2) is 11.6. The number of carbonyl (C=O) groups is 2. The molecule has 2 aromatic carbocycles. The van der Waals surface area contributed by atoms with Gasteiger partial charge in [0.25, 0.3) is 0 Å². The van der Waals surface area contributed by atoms with Gasteiger partial charge in [0.2, 0.25) is 21.8 Å². The zero-order valence-electron chi connectivity index (χ0n) is 22.3. The van der Waals surface area contributed by atoms with Gasteiger partial charge in [-0.05, 0) is 50.6 Å². The molecule has 0 radical (unpaired) electrons. The fourth-order valence-electron chi connectivity index (χ4n) is 4.02. The molecule has 4 rings (SSSR count). The van der Waals surface area contributed by atoms with E-state index in [4.69, 9.17) is 9.47 Å². The number of hydrogen-bond acceptors (Lipinski definition) is 7. The summed E-state index contributed by atoms with van der Waals surface area (Å²) in [6.45, 7) is 7.97. The van der Waals surface area contributed by atoms with Gasteiger partial charge in [-0.1, -0.05) is 31.5 Å². The third-order valence-corrected chi connectivity index (χ3v) is 8.54. The van der Waals surface area contributed by atoms with Crippen LogP contribution in [0.15, 0.2) is 47.4 Å². The van der Waals surface area contributed by atoms with E-state index >= 15 is 0 Å². The summed E-state index contributed by atoms with van der Waals surface area (Å²) >= 11 is 0. The van der Waals surface area contributed by atoms with Crippen molar-refractivity contribution in [3.63, 3.8) is 0 Å². The van der Waals surface area contributed by atoms with Gasteiger partial charge in [-0.2, -0.15) is 14.1 Å². The highest BCUT2D eigenvalue weighted by molar-refractivity contribution is 7.89. The van der Waals surface area contributed by atoms with Gasteiger partial charge in [0.05, 0.1) is 18.9 Å². The zero-order chi connectivity index (χ0) is 28.3. The molecule has 1 unspecified atom stereocenters. The maximum Gasteiger partial charge on any atom is 0.356 e. The molecule has 1 aliphatic rings. The van der Waals surface area contributed by atoms with Crippen LogP contribution in [-0.2, 0) is 19.6 Å². The lowest BCUT2D eigenvalue weighted by Gasteiger charge is -2.27. The summed E-state index contributed by atoms with van der Waals surface area (Å²) in [4.78, 5) is 24.3. The molecule has 11 nitrogen and oxygen atoms in total. The number of aryl methyl sites for hydroxylation is 1. The van der Waals surface area contributed by atoms with Gasteiger partial charge in [-0.3, -0.25) is 4.79 Å². The van der Waals surface area contributed by atoms with Crippen LogP contribution in [0.25, 0.3) is 5.69 Å². The Balaban J connectivity index is 1.83. The largest absolute Gasteiger partial charge is 0.476 e. The van der Waals surface area contributed by atoms with Crippen molar-refractivity contribution in [2.24, 2.45) is 5.92 Å². The first kappa shape index (κ1) is 28.3. The van der Waals surface area contributed by atoms with Gasteiger partial charge in [-0.15, -0.1) is 0 Å². The summed E-state index contributed by atoms with van der Waals surface area (Å²) < 4.78 is 41.7. The van der Waals surface area contributed by atoms with Gasteiger partial charge >= 0.3 is 5.97 Å². The molecule has 1 amide bonds. The molecule has 12 heteroatoms. The molecule has 208 valence electrons. The van der Waals surface area contributed by atoms with Gasteiger partial charge < -0.3 is 19.9 Å². The molecular weight excluding hydrogens is 524 g/mol. The summed E-state index contributed by atoms with van der Waals surface area (Å²) in [5.41, 5.74) is 1.85. The molecule has 2 N–H and O–H groups in total. The number of hydrogen-bond donors (Lipinski definition) is 2. The first-order valence-electron chi connectivity index (χ1n) is 12.6. The predicted molar refractivity (Wildman–Crippen MR) is 144 cm³/mol. The number of anilines is 1. The normalized spacial score (nSPS) is 15.1. The van der Waals surface area contributed by atoms with Gasteiger partial charge in [0, 0.05) is 30.3 Å². The van der Waals surface area contributed by atoms with Crippen LogP contribution in [0.1, 0.15) is 41.9 Å². The van der Waals surface area contributed by atoms with Crippen LogP contribution in [0.5, 0.6) is 11.6 Å². The third-order valence-electron chi connectivity index (χ3n) is 6.62. The second-order valence-corrected chi connectivity index (χ2v) is 11.3. The molecule has 39 heavy (non-hydrogen) atoms. The summed E-state index contributed by atoms with van der Waals surface area (Å²) in [6.07, 6.45) is 0.625. The Morgan fingerprint density at radius 3 is 2.41 bits per heavy atom. The Morgan fingerprint density at radius 2 is 1.79 bits per heavy atom. The summed E-state index contributed by atoms with van der Waals surface area (Å²) in [5.74, 6) is -1.71. The van der Waals surface area contributed by atoms with Crippen molar-refractivity contribution in [3.05, 3.63) is 59.3 Å². The zero-order valence-corrected chi connectivity index (χ0v) is 23.1. The minimum Gasteiger partial charge on any atom is -0.476 e. The molecular formula is C27H32N4O7S. The van der Waals surface area contributed by atoms with Crippen LogP contribution >= 0.6 is 0 Å². The molecule has 1 aromatic heterocycles. The average molecular weight is 557 g/mol. The van der Waals surface area contributed by atoms with Crippen LogP contribution < -0.4 is 10.1 Å². The summed E-state index contributed by atoms with van der Waals surface area (Å²) in [6, 6.07) is 11.6. The van der Waals surface area contributed by atoms with Gasteiger partial charge in [0.15, 0.2) is 5.69 Å².